The van der Waals surface area contributed by atoms with Gasteiger partial charge in [-0.2, -0.15) is 0 Å². The van der Waals surface area contributed by atoms with Gasteiger partial charge in [0.1, 0.15) is 5.82 Å². The first kappa shape index (κ1) is 15.5. The number of benzene rings is 2. The van der Waals surface area contributed by atoms with Gasteiger partial charge in [-0.25, -0.2) is 4.39 Å². The van der Waals surface area contributed by atoms with E-state index >= 15 is 0 Å². The fraction of sp³-hybridized carbons (Fsp3) is 0.316. The van der Waals surface area contributed by atoms with E-state index in [0.717, 1.165) is 30.5 Å². The van der Waals surface area contributed by atoms with Gasteiger partial charge in [-0.1, -0.05) is 31.2 Å². The predicted octanol–water partition coefficient (Wildman–Crippen LogP) is 3.85. The molecule has 0 spiro atoms. The van der Waals surface area contributed by atoms with Crippen LogP contribution in [0.4, 0.5) is 10.1 Å². The molecule has 23 heavy (non-hydrogen) atoms. The Bertz CT molecular complexity index is 703. The molecule has 0 amide bonds. The molecule has 120 valence electrons. The fourth-order valence-corrected chi connectivity index (χ4v) is 2.79. The minimum Gasteiger partial charge on any atom is -0.370 e. The number of nitrogens with zero attached hydrogens (tertiary/aromatic N) is 1. The Morgan fingerprint density at radius 1 is 1.22 bits per heavy atom. The summed E-state index contributed by atoms with van der Waals surface area (Å²) in [6.07, 6.45) is 3.13. The predicted molar refractivity (Wildman–Crippen MR) is 93.2 cm³/mol. The number of hydrogen-bond donors (Lipinski definition) is 2. The largest absolute Gasteiger partial charge is 0.370 e. The van der Waals surface area contributed by atoms with E-state index < -0.39 is 0 Å². The first-order valence-electron chi connectivity index (χ1n) is 8.03. The Kier molecular flexibility index (Phi) is 4.33. The highest BCUT2D eigenvalue weighted by molar-refractivity contribution is 5.92. The number of nitrogens with one attached hydrogen (secondary N) is 1. The van der Waals surface area contributed by atoms with Crippen LogP contribution in [0.3, 0.4) is 0 Å². The van der Waals surface area contributed by atoms with Crippen molar-refractivity contribution in [1.82, 2.24) is 0 Å². The molecule has 2 aromatic rings. The first-order chi connectivity index (χ1) is 11.1. The molecule has 1 aliphatic rings. The smallest absolute Gasteiger partial charge is 0.193 e. The Balaban J connectivity index is 1.66. The third-order valence-electron chi connectivity index (χ3n) is 4.47. The summed E-state index contributed by atoms with van der Waals surface area (Å²) in [7, 11) is 0. The van der Waals surface area contributed by atoms with E-state index in [9.17, 15) is 4.39 Å². The summed E-state index contributed by atoms with van der Waals surface area (Å²) in [4.78, 5) is 4.50. The van der Waals surface area contributed by atoms with Crippen molar-refractivity contribution >= 4 is 11.6 Å². The van der Waals surface area contributed by atoms with Crippen LogP contribution >= 0.6 is 0 Å². The van der Waals surface area contributed by atoms with Gasteiger partial charge in [0.25, 0.3) is 0 Å². The lowest BCUT2D eigenvalue weighted by molar-refractivity contribution is 0.623. The Morgan fingerprint density at radius 3 is 2.61 bits per heavy atom. The average molecular weight is 311 g/mol. The Labute approximate surface area is 136 Å². The molecule has 2 aromatic carbocycles. The lowest BCUT2D eigenvalue weighted by Crippen LogP contribution is -2.25. The maximum absolute atomic E-state index is 13.1. The van der Waals surface area contributed by atoms with Gasteiger partial charge in [-0.05, 0) is 54.7 Å². The van der Waals surface area contributed by atoms with E-state index in [1.807, 2.05) is 24.3 Å². The number of aliphatic imine (C=N–C) groups is 1. The molecule has 0 saturated heterocycles. The van der Waals surface area contributed by atoms with E-state index in [2.05, 4.69) is 29.4 Å². The van der Waals surface area contributed by atoms with Crippen LogP contribution in [0.2, 0.25) is 0 Å². The van der Waals surface area contributed by atoms with Crippen molar-refractivity contribution in [3.05, 3.63) is 65.5 Å². The molecular formula is C19H22FN3. The van der Waals surface area contributed by atoms with Crippen LogP contribution in [0.25, 0.3) is 0 Å². The van der Waals surface area contributed by atoms with Gasteiger partial charge in [-0.3, -0.25) is 4.99 Å². The fourth-order valence-electron chi connectivity index (χ4n) is 2.79. The van der Waals surface area contributed by atoms with Gasteiger partial charge < -0.3 is 11.1 Å². The number of halogens is 1. The summed E-state index contributed by atoms with van der Waals surface area (Å²) < 4.78 is 13.1. The van der Waals surface area contributed by atoms with Gasteiger partial charge in [0.15, 0.2) is 5.96 Å². The lowest BCUT2D eigenvalue weighted by Gasteiger charge is -2.14. The molecule has 0 unspecified atom stereocenters. The SMILES string of the molecule is CCc1cccc(NC(N)=NCC2(c3ccc(F)cc3)CC2)c1. The Morgan fingerprint density at radius 2 is 1.96 bits per heavy atom. The summed E-state index contributed by atoms with van der Waals surface area (Å²) in [5.74, 6) is 0.219. The molecule has 1 aliphatic carbocycles. The van der Waals surface area contributed by atoms with Gasteiger partial charge in [0.05, 0.1) is 6.54 Å². The standard InChI is InChI=1S/C19H22FN3/c1-2-14-4-3-5-17(12-14)23-18(21)22-13-19(10-11-19)15-6-8-16(20)9-7-15/h3-9,12H,2,10-11,13H2,1H3,(H3,21,22,23). The van der Waals surface area contributed by atoms with Crippen LogP contribution in [0, 0.1) is 5.82 Å². The number of anilines is 1. The highest BCUT2D eigenvalue weighted by Crippen LogP contribution is 2.48. The van der Waals surface area contributed by atoms with E-state index in [1.165, 1.54) is 17.7 Å². The third kappa shape index (κ3) is 3.70. The third-order valence-corrected chi connectivity index (χ3v) is 4.47. The minimum atomic E-state index is -0.204. The lowest BCUT2D eigenvalue weighted by atomic mass is 9.96. The number of hydrogen-bond acceptors (Lipinski definition) is 1. The first-order valence-corrected chi connectivity index (χ1v) is 8.03. The quantitative estimate of drug-likeness (QED) is 0.651. The number of guanidine groups is 1. The molecule has 0 aromatic heterocycles. The molecule has 1 saturated carbocycles. The maximum Gasteiger partial charge on any atom is 0.193 e. The molecule has 4 heteroatoms. The highest BCUT2D eigenvalue weighted by atomic mass is 19.1. The maximum atomic E-state index is 13.1. The van der Waals surface area contributed by atoms with Crippen LogP contribution in [0.1, 0.15) is 30.9 Å². The topological polar surface area (TPSA) is 50.4 Å². The zero-order chi connectivity index (χ0) is 16.3. The van der Waals surface area contributed by atoms with Crippen molar-refractivity contribution in [1.29, 1.82) is 0 Å². The van der Waals surface area contributed by atoms with Crippen molar-refractivity contribution in [3.63, 3.8) is 0 Å². The normalized spacial score (nSPS) is 16.2. The summed E-state index contributed by atoms with van der Waals surface area (Å²) >= 11 is 0. The second-order valence-electron chi connectivity index (χ2n) is 6.17. The monoisotopic (exact) mass is 311 g/mol. The molecule has 0 radical (unpaired) electrons. The molecule has 3 nitrogen and oxygen atoms in total. The number of nitrogens with two attached hydrogens (primary N) is 1. The summed E-state index contributed by atoms with van der Waals surface area (Å²) in [5, 5.41) is 3.15. The van der Waals surface area contributed by atoms with Crippen LogP contribution in [0.5, 0.6) is 0 Å². The van der Waals surface area contributed by atoms with Gasteiger partial charge in [0.2, 0.25) is 0 Å². The van der Waals surface area contributed by atoms with Crippen molar-refractivity contribution < 1.29 is 4.39 Å². The van der Waals surface area contributed by atoms with Crippen LogP contribution < -0.4 is 11.1 Å². The molecule has 1 fully saturated rings. The van der Waals surface area contributed by atoms with E-state index in [-0.39, 0.29) is 11.2 Å². The van der Waals surface area contributed by atoms with Crippen molar-refractivity contribution in [2.75, 3.05) is 11.9 Å². The zero-order valence-corrected chi connectivity index (χ0v) is 13.3. The van der Waals surface area contributed by atoms with Crippen molar-refractivity contribution in [3.8, 4) is 0 Å². The van der Waals surface area contributed by atoms with Crippen LogP contribution in [0.15, 0.2) is 53.5 Å². The molecule has 0 heterocycles. The molecular weight excluding hydrogens is 289 g/mol. The van der Waals surface area contributed by atoms with Gasteiger partial charge >= 0.3 is 0 Å². The number of aryl methyl sites for hydroxylation is 1. The molecule has 3 N–H and O–H groups in total. The van der Waals surface area contributed by atoms with Crippen molar-refractivity contribution in [2.24, 2.45) is 10.7 Å². The van der Waals surface area contributed by atoms with Gasteiger partial charge in [-0.15, -0.1) is 0 Å². The second-order valence-corrected chi connectivity index (χ2v) is 6.17. The number of rotatable bonds is 5. The van der Waals surface area contributed by atoms with Crippen LogP contribution in [-0.4, -0.2) is 12.5 Å². The van der Waals surface area contributed by atoms with Crippen molar-refractivity contribution in [2.45, 2.75) is 31.6 Å². The molecule has 0 bridgehead atoms. The zero-order valence-electron chi connectivity index (χ0n) is 13.3. The molecule has 0 atom stereocenters. The van der Waals surface area contributed by atoms with Gasteiger partial charge in [0, 0.05) is 11.1 Å². The minimum absolute atomic E-state index is 0.0330. The van der Waals surface area contributed by atoms with Crippen LogP contribution in [-0.2, 0) is 11.8 Å². The highest BCUT2D eigenvalue weighted by Gasteiger charge is 2.44. The average Bonchev–Trinajstić information content (AvgIpc) is 3.35. The van der Waals surface area contributed by atoms with E-state index in [0.29, 0.717) is 12.5 Å². The summed E-state index contributed by atoms with van der Waals surface area (Å²) in [6, 6.07) is 14.9. The molecule has 0 aliphatic heterocycles. The summed E-state index contributed by atoms with van der Waals surface area (Å²) in [6.45, 7) is 2.75. The second kappa shape index (κ2) is 6.41. The molecule has 3 rings (SSSR count). The van der Waals surface area contributed by atoms with E-state index in [4.69, 9.17) is 5.73 Å². The summed E-state index contributed by atoms with van der Waals surface area (Å²) in [5.41, 5.74) is 9.40. The van der Waals surface area contributed by atoms with E-state index in [1.54, 1.807) is 0 Å². The Hall–Kier alpha value is -2.36.